The molecule has 0 bridgehead atoms. The van der Waals surface area contributed by atoms with Crippen LogP contribution < -0.4 is 0 Å². The zero-order valence-electron chi connectivity index (χ0n) is 8.19. The highest BCUT2D eigenvalue weighted by molar-refractivity contribution is 5.82. The molecule has 0 heterocycles. The summed E-state index contributed by atoms with van der Waals surface area (Å²) in [5, 5.41) is 0. The molecule has 0 fully saturated rings. The number of esters is 1. The smallest absolute Gasteiger partial charge is 0.330 e. The van der Waals surface area contributed by atoms with Crippen molar-refractivity contribution in [3.05, 3.63) is 36.5 Å². The van der Waals surface area contributed by atoms with Gasteiger partial charge in [-0.3, -0.25) is 0 Å². The molecule has 2 heteroatoms. The van der Waals surface area contributed by atoms with Crippen molar-refractivity contribution in [1.82, 2.24) is 0 Å². The number of carbonyl (C=O) groups is 1. The first-order valence-electron chi connectivity index (χ1n) is 4.47. The highest BCUT2D eigenvalue weighted by Gasteiger charge is 1.89. The second kappa shape index (κ2) is 8.78. The molecule has 0 atom stereocenters. The molecule has 0 saturated heterocycles. The SMILES string of the molecule is CC/C=C/C=C/C=C/C(=O)OCC. The predicted molar refractivity (Wildman–Crippen MR) is 54.3 cm³/mol. The Labute approximate surface area is 79.6 Å². The van der Waals surface area contributed by atoms with Crippen LogP contribution in [0.1, 0.15) is 20.3 Å². The summed E-state index contributed by atoms with van der Waals surface area (Å²) in [5.41, 5.74) is 0. The van der Waals surface area contributed by atoms with E-state index in [0.29, 0.717) is 6.61 Å². The second-order valence-corrected chi connectivity index (χ2v) is 2.33. The average molecular weight is 180 g/mol. The number of ether oxygens (including phenoxy) is 1. The van der Waals surface area contributed by atoms with Crippen molar-refractivity contribution in [2.24, 2.45) is 0 Å². The first kappa shape index (κ1) is 11.7. The normalized spacial score (nSPS) is 11.8. The van der Waals surface area contributed by atoms with Gasteiger partial charge in [-0.25, -0.2) is 4.79 Å². The summed E-state index contributed by atoms with van der Waals surface area (Å²) >= 11 is 0. The lowest BCUT2D eigenvalue weighted by atomic mass is 10.3. The van der Waals surface area contributed by atoms with E-state index in [9.17, 15) is 4.79 Å². The molecule has 0 aliphatic carbocycles. The van der Waals surface area contributed by atoms with Gasteiger partial charge < -0.3 is 4.74 Å². The highest BCUT2D eigenvalue weighted by atomic mass is 16.5. The van der Waals surface area contributed by atoms with Gasteiger partial charge in [-0.2, -0.15) is 0 Å². The molecule has 0 saturated carbocycles. The largest absolute Gasteiger partial charge is 0.463 e. The molecule has 0 N–H and O–H groups in total. The van der Waals surface area contributed by atoms with E-state index in [0.717, 1.165) is 6.42 Å². The maximum Gasteiger partial charge on any atom is 0.330 e. The summed E-state index contributed by atoms with van der Waals surface area (Å²) in [4.78, 5) is 10.8. The second-order valence-electron chi connectivity index (χ2n) is 2.33. The Morgan fingerprint density at radius 3 is 2.46 bits per heavy atom. The number of rotatable bonds is 5. The van der Waals surface area contributed by atoms with Crippen molar-refractivity contribution < 1.29 is 9.53 Å². The van der Waals surface area contributed by atoms with E-state index in [1.165, 1.54) is 6.08 Å². The third kappa shape index (κ3) is 8.60. The summed E-state index contributed by atoms with van der Waals surface area (Å²) in [7, 11) is 0. The molecule has 0 aromatic rings. The van der Waals surface area contributed by atoms with Gasteiger partial charge in [-0.1, -0.05) is 37.3 Å². The Balaban J connectivity index is 3.67. The standard InChI is InChI=1S/C11H16O2/c1-3-5-6-7-8-9-10-11(12)13-4-2/h5-10H,3-4H2,1-2H3/b6-5+,8-7+,10-9+. The lowest BCUT2D eigenvalue weighted by molar-refractivity contribution is -0.137. The highest BCUT2D eigenvalue weighted by Crippen LogP contribution is 1.85. The number of carbonyl (C=O) groups excluding carboxylic acids is 1. The third-order valence-electron chi connectivity index (χ3n) is 1.22. The van der Waals surface area contributed by atoms with Crippen LogP contribution in [0.25, 0.3) is 0 Å². The predicted octanol–water partition coefficient (Wildman–Crippen LogP) is 2.63. The molecule has 0 aliphatic heterocycles. The number of hydrogen-bond acceptors (Lipinski definition) is 2. The molecule has 0 spiro atoms. The van der Waals surface area contributed by atoms with Crippen LogP contribution in [-0.2, 0) is 9.53 Å². The monoisotopic (exact) mass is 180 g/mol. The molecule has 0 aromatic carbocycles. The van der Waals surface area contributed by atoms with Crippen LogP contribution in [0.2, 0.25) is 0 Å². The van der Waals surface area contributed by atoms with Crippen LogP contribution in [-0.4, -0.2) is 12.6 Å². The molecule has 0 aromatic heterocycles. The van der Waals surface area contributed by atoms with Crippen LogP contribution >= 0.6 is 0 Å². The van der Waals surface area contributed by atoms with Crippen molar-refractivity contribution >= 4 is 5.97 Å². The zero-order chi connectivity index (χ0) is 9.94. The van der Waals surface area contributed by atoms with Crippen LogP contribution in [0.15, 0.2) is 36.5 Å². The summed E-state index contributed by atoms with van der Waals surface area (Å²) in [6.07, 6.45) is 11.7. The van der Waals surface area contributed by atoms with Gasteiger partial charge in [0.15, 0.2) is 0 Å². The Hall–Kier alpha value is -1.31. The molecule has 0 amide bonds. The quantitative estimate of drug-likeness (QED) is 0.369. The average Bonchev–Trinajstić information content (AvgIpc) is 2.11. The molecule has 72 valence electrons. The van der Waals surface area contributed by atoms with Crippen LogP contribution in [0.5, 0.6) is 0 Å². The Bertz CT molecular complexity index is 212. The lowest BCUT2D eigenvalue weighted by Gasteiger charge is -1.92. The van der Waals surface area contributed by atoms with Gasteiger partial charge in [0, 0.05) is 6.08 Å². The van der Waals surface area contributed by atoms with Crippen molar-refractivity contribution in [1.29, 1.82) is 0 Å². The fourth-order valence-electron chi connectivity index (χ4n) is 0.667. The van der Waals surface area contributed by atoms with Gasteiger partial charge in [0.2, 0.25) is 0 Å². The zero-order valence-corrected chi connectivity index (χ0v) is 8.19. The van der Waals surface area contributed by atoms with Crippen molar-refractivity contribution in [2.75, 3.05) is 6.61 Å². The molecular formula is C11H16O2. The van der Waals surface area contributed by atoms with Crippen molar-refractivity contribution in [2.45, 2.75) is 20.3 Å². The van der Waals surface area contributed by atoms with E-state index in [4.69, 9.17) is 4.74 Å². The fourth-order valence-corrected chi connectivity index (χ4v) is 0.667. The molecule has 0 unspecified atom stereocenters. The van der Waals surface area contributed by atoms with Gasteiger partial charge in [0.05, 0.1) is 6.61 Å². The first-order valence-corrected chi connectivity index (χ1v) is 4.47. The summed E-state index contributed by atoms with van der Waals surface area (Å²) in [6, 6.07) is 0. The summed E-state index contributed by atoms with van der Waals surface area (Å²) in [5.74, 6) is -0.299. The van der Waals surface area contributed by atoms with Crippen molar-refractivity contribution in [3.8, 4) is 0 Å². The van der Waals surface area contributed by atoms with Crippen LogP contribution in [0.4, 0.5) is 0 Å². The summed E-state index contributed by atoms with van der Waals surface area (Å²) < 4.78 is 4.69. The van der Waals surface area contributed by atoms with Gasteiger partial charge >= 0.3 is 5.97 Å². The van der Waals surface area contributed by atoms with Gasteiger partial charge in [0.1, 0.15) is 0 Å². The van der Waals surface area contributed by atoms with Crippen LogP contribution in [0.3, 0.4) is 0 Å². The topological polar surface area (TPSA) is 26.3 Å². The van der Waals surface area contributed by atoms with E-state index in [1.807, 2.05) is 18.2 Å². The van der Waals surface area contributed by atoms with E-state index < -0.39 is 0 Å². The van der Waals surface area contributed by atoms with Gasteiger partial charge in [-0.15, -0.1) is 0 Å². The summed E-state index contributed by atoms with van der Waals surface area (Å²) in [6.45, 7) is 4.27. The lowest BCUT2D eigenvalue weighted by Crippen LogP contribution is -1.98. The van der Waals surface area contributed by atoms with E-state index >= 15 is 0 Å². The third-order valence-corrected chi connectivity index (χ3v) is 1.22. The molecule has 0 radical (unpaired) electrons. The van der Waals surface area contributed by atoms with Crippen molar-refractivity contribution in [3.63, 3.8) is 0 Å². The number of hydrogen-bond donors (Lipinski definition) is 0. The van der Waals surface area contributed by atoms with Gasteiger partial charge in [-0.05, 0) is 13.3 Å². The fraction of sp³-hybridized carbons (Fsp3) is 0.364. The van der Waals surface area contributed by atoms with E-state index in [1.54, 1.807) is 19.1 Å². The van der Waals surface area contributed by atoms with E-state index in [-0.39, 0.29) is 5.97 Å². The molecule has 2 nitrogen and oxygen atoms in total. The molecule has 0 aliphatic rings. The molecular weight excluding hydrogens is 164 g/mol. The molecule has 0 rings (SSSR count). The Morgan fingerprint density at radius 2 is 1.85 bits per heavy atom. The minimum absolute atomic E-state index is 0.299. The van der Waals surface area contributed by atoms with Gasteiger partial charge in [0.25, 0.3) is 0 Å². The minimum Gasteiger partial charge on any atom is -0.463 e. The Kier molecular flexibility index (Phi) is 7.90. The molecule has 13 heavy (non-hydrogen) atoms. The van der Waals surface area contributed by atoms with Crippen LogP contribution in [0, 0.1) is 0 Å². The maximum absolute atomic E-state index is 10.8. The Morgan fingerprint density at radius 1 is 1.15 bits per heavy atom. The minimum atomic E-state index is -0.299. The maximum atomic E-state index is 10.8. The van der Waals surface area contributed by atoms with E-state index in [2.05, 4.69) is 6.92 Å². The number of allylic oxidation sites excluding steroid dienone is 5. The first-order chi connectivity index (χ1) is 6.31.